The maximum absolute atomic E-state index is 10.8. The van der Waals surface area contributed by atoms with Crippen molar-refractivity contribution in [1.29, 1.82) is 0 Å². The molecule has 0 radical (unpaired) electrons. The van der Waals surface area contributed by atoms with Gasteiger partial charge in [0.25, 0.3) is 0 Å². The average molecular weight is 188 g/mol. The van der Waals surface area contributed by atoms with Gasteiger partial charge in [0, 0.05) is 24.2 Å². The minimum atomic E-state index is -3.33. The molecular formula is C6H8N2O3S. The van der Waals surface area contributed by atoms with E-state index >= 15 is 0 Å². The fraction of sp³-hybridized carbons (Fsp3) is 0.333. The van der Waals surface area contributed by atoms with Crippen LogP contribution in [-0.4, -0.2) is 29.7 Å². The molecule has 6 heteroatoms. The number of rotatable bonds is 2. The third kappa shape index (κ3) is 1.99. The molecule has 1 aromatic heterocycles. The maximum atomic E-state index is 10.8. The Morgan fingerprint density at radius 3 is 2.25 bits per heavy atom. The number of aliphatic hydroxyl groups is 1. The van der Waals surface area contributed by atoms with Crippen LogP contribution >= 0.6 is 0 Å². The lowest BCUT2D eigenvalue weighted by atomic mass is 10.4. The van der Waals surface area contributed by atoms with Crippen molar-refractivity contribution in [3.05, 3.63) is 18.0 Å². The van der Waals surface area contributed by atoms with Gasteiger partial charge in [0.1, 0.15) is 0 Å². The van der Waals surface area contributed by atoms with Crippen molar-refractivity contribution in [2.75, 3.05) is 6.26 Å². The second kappa shape index (κ2) is 3.16. The molecule has 0 fully saturated rings. The number of nitrogens with zero attached hydrogens (tertiary/aromatic N) is 2. The van der Waals surface area contributed by atoms with Crippen LogP contribution in [-0.2, 0) is 16.4 Å². The van der Waals surface area contributed by atoms with Crippen LogP contribution in [0.3, 0.4) is 0 Å². The molecule has 1 aromatic rings. The summed E-state index contributed by atoms with van der Waals surface area (Å²) in [6.45, 7) is -0.190. The summed E-state index contributed by atoms with van der Waals surface area (Å²) in [5, 5.41) is 8.38. The molecule has 0 spiro atoms. The zero-order chi connectivity index (χ0) is 9.19. The van der Waals surface area contributed by atoms with Gasteiger partial charge < -0.3 is 5.11 Å². The van der Waals surface area contributed by atoms with Crippen LogP contribution in [0.15, 0.2) is 17.6 Å². The van der Waals surface area contributed by atoms with Crippen molar-refractivity contribution < 1.29 is 13.5 Å². The molecule has 1 heterocycles. The van der Waals surface area contributed by atoms with Gasteiger partial charge in [0.05, 0.1) is 6.61 Å². The highest BCUT2D eigenvalue weighted by atomic mass is 32.2. The van der Waals surface area contributed by atoms with Gasteiger partial charge in [-0.1, -0.05) is 0 Å². The molecule has 66 valence electrons. The number of aromatic nitrogens is 2. The number of sulfone groups is 1. The molecule has 0 aliphatic carbocycles. The molecule has 0 saturated heterocycles. The van der Waals surface area contributed by atoms with Gasteiger partial charge in [-0.2, -0.15) is 0 Å². The van der Waals surface area contributed by atoms with E-state index < -0.39 is 9.84 Å². The molecule has 0 unspecified atom stereocenters. The summed E-state index contributed by atoms with van der Waals surface area (Å²) in [6, 6.07) is 0. The number of aliphatic hydroxyl groups excluding tert-OH is 1. The van der Waals surface area contributed by atoms with E-state index in [0.717, 1.165) is 6.26 Å². The van der Waals surface area contributed by atoms with Crippen LogP contribution < -0.4 is 0 Å². The van der Waals surface area contributed by atoms with Gasteiger partial charge in [0.15, 0.2) is 0 Å². The third-order valence-corrected chi connectivity index (χ3v) is 2.07. The smallest absolute Gasteiger partial charge is 0.246 e. The van der Waals surface area contributed by atoms with E-state index in [1.807, 2.05) is 0 Å². The van der Waals surface area contributed by atoms with E-state index in [1.165, 1.54) is 12.4 Å². The zero-order valence-electron chi connectivity index (χ0n) is 6.43. The SMILES string of the molecule is CS(=O)(=O)c1ncc(CO)cn1. The molecule has 12 heavy (non-hydrogen) atoms. The fourth-order valence-corrected chi connectivity index (χ4v) is 1.10. The first kappa shape index (κ1) is 9.08. The van der Waals surface area contributed by atoms with Crippen molar-refractivity contribution in [1.82, 2.24) is 9.97 Å². The van der Waals surface area contributed by atoms with Gasteiger partial charge in [-0.15, -0.1) is 0 Å². The molecule has 0 bridgehead atoms. The normalized spacial score (nSPS) is 11.5. The Hall–Kier alpha value is -1.01. The molecule has 0 aliphatic heterocycles. The highest BCUT2D eigenvalue weighted by Gasteiger charge is 2.09. The first-order chi connectivity index (χ1) is 5.54. The van der Waals surface area contributed by atoms with Gasteiger partial charge in [0.2, 0.25) is 15.0 Å². The monoisotopic (exact) mass is 188 g/mol. The van der Waals surface area contributed by atoms with Crippen molar-refractivity contribution in [3.63, 3.8) is 0 Å². The fourth-order valence-electron chi connectivity index (χ4n) is 0.616. The minimum absolute atomic E-state index is 0.190. The molecule has 0 atom stereocenters. The van der Waals surface area contributed by atoms with E-state index in [-0.39, 0.29) is 11.8 Å². The first-order valence-corrected chi connectivity index (χ1v) is 5.05. The van der Waals surface area contributed by atoms with E-state index in [9.17, 15) is 8.42 Å². The van der Waals surface area contributed by atoms with E-state index in [4.69, 9.17) is 5.11 Å². The number of hydrogen-bond donors (Lipinski definition) is 1. The average Bonchev–Trinajstić information content (AvgIpc) is 2.03. The Balaban J connectivity index is 3.09. The summed E-state index contributed by atoms with van der Waals surface area (Å²) in [7, 11) is -3.33. The Bertz CT molecular complexity index is 357. The van der Waals surface area contributed by atoms with Crippen LogP contribution in [0.1, 0.15) is 5.56 Å². The highest BCUT2D eigenvalue weighted by Crippen LogP contribution is 2.01. The van der Waals surface area contributed by atoms with Gasteiger partial charge >= 0.3 is 0 Å². The summed E-state index contributed by atoms with van der Waals surface area (Å²) < 4.78 is 21.7. The van der Waals surface area contributed by atoms with Crippen LogP contribution in [0, 0.1) is 0 Å². The summed E-state index contributed by atoms with van der Waals surface area (Å²) in [4.78, 5) is 7.12. The second-order valence-electron chi connectivity index (χ2n) is 2.30. The third-order valence-electron chi connectivity index (χ3n) is 1.20. The Kier molecular flexibility index (Phi) is 2.39. The van der Waals surface area contributed by atoms with Crippen molar-refractivity contribution >= 4 is 9.84 Å². The predicted molar refractivity (Wildman–Crippen MR) is 41.1 cm³/mol. The van der Waals surface area contributed by atoms with Crippen molar-refractivity contribution in [3.8, 4) is 0 Å². The second-order valence-corrected chi connectivity index (χ2v) is 4.21. The summed E-state index contributed by atoms with van der Waals surface area (Å²) in [5.74, 6) is 0. The van der Waals surface area contributed by atoms with Crippen molar-refractivity contribution in [2.45, 2.75) is 11.8 Å². The molecule has 0 aromatic carbocycles. The summed E-state index contributed by atoms with van der Waals surface area (Å²) >= 11 is 0. The van der Waals surface area contributed by atoms with E-state index in [2.05, 4.69) is 9.97 Å². The quantitative estimate of drug-likeness (QED) is 0.625. The standard InChI is InChI=1S/C6H8N2O3S/c1-12(10,11)6-7-2-5(4-9)3-8-6/h2-3,9H,4H2,1H3. The Morgan fingerprint density at radius 2 is 1.92 bits per heavy atom. The van der Waals surface area contributed by atoms with Crippen LogP contribution in [0.2, 0.25) is 0 Å². The largest absolute Gasteiger partial charge is 0.392 e. The first-order valence-electron chi connectivity index (χ1n) is 3.16. The molecule has 0 saturated carbocycles. The summed E-state index contributed by atoms with van der Waals surface area (Å²) in [6.07, 6.45) is 3.59. The Morgan fingerprint density at radius 1 is 1.42 bits per heavy atom. The molecule has 0 aliphatic rings. The highest BCUT2D eigenvalue weighted by molar-refractivity contribution is 7.90. The summed E-state index contributed by atoms with van der Waals surface area (Å²) in [5.41, 5.74) is 0.488. The topological polar surface area (TPSA) is 80.2 Å². The number of hydrogen-bond acceptors (Lipinski definition) is 5. The van der Waals surface area contributed by atoms with Crippen LogP contribution in [0.5, 0.6) is 0 Å². The lowest BCUT2D eigenvalue weighted by Crippen LogP contribution is -2.04. The molecule has 5 nitrogen and oxygen atoms in total. The zero-order valence-corrected chi connectivity index (χ0v) is 7.24. The maximum Gasteiger partial charge on any atom is 0.246 e. The van der Waals surface area contributed by atoms with Gasteiger partial charge in [-0.3, -0.25) is 0 Å². The van der Waals surface area contributed by atoms with Crippen LogP contribution in [0.25, 0.3) is 0 Å². The lowest BCUT2D eigenvalue weighted by molar-refractivity contribution is 0.280. The molecule has 0 amide bonds. The van der Waals surface area contributed by atoms with E-state index in [1.54, 1.807) is 0 Å². The molecule has 1 N–H and O–H groups in total. The lowest BCUT2D eigenvalue weighted by Gasteiger charge is -1.96. The molecular weight excluding hydrogens is 180 g/mol. The molecule has 1 rings (SSSR count). The van der Waals surface area contributed by atoms with Gasteiger partial charge in [-0.25, -0.2) is 18.4 Å². The van der Waals surface area contributed by atoms with Crippen LogP contribution in [0.4, 0.5) is 0 Å². The van der Waals surface area contributed by atoms with E-state index in [0.29, 0.717) is 5.56 Å². The Labute approximate surface area is 70.0 Å². The predicted octanol–water partition coefficient (Wildman–Crippen LogP) is -0.628. The minimum Gasteiger partial charge on any atom is -0.392 e. The van der Waals surface area contributed by atoms with Gasteiger partial charge in [-0.05, 0) is 0 Å². The van der Waals surface area contributed by atoms with Crippen molar-refractivity contribution in [2.24, 2.45) is 0 Å².